The Bertz CT molecular complexity index is 1160. The van der Waals surface area contributed by atoms with E-state index in [1.54, 1.807) is 6.07 Å². The molecule has 2 N–H and O–H groups in total. The van der Waals surface area contributed by atoms with Gasteiger partial charge in [-0.15, -0.1) is 0 Å². The van der Waals surface area contributed by atoms with Crippen LogP contribution in [0.4, 0.5) is 5.69 Å². The molecular weight excluding hydrogens is 525 g/mol. The third kappa shape index (κ3) is 5.79. The topological polar surface area (TPSA) is 62.7 Å². The van der Waals surface area contributed by atoms with E-state index in [1.165, 1.54) is 38.8 Å². The second-order valence-corrected chi connectivity index (χ2v) is 10.0. The highest BCUT2D eigenvalue weighted by Crippen LogP contribution is 2.27. The fraction of sp³-hybridized carbons (Fsp3) is 0.370. The standard InChI is InChI=1S/C27H32IN3O2/c1-3-20(24-18-22(28)8-7-19(24)2)6-4-5-11-30-12-14-31(15-13-30)23-9-10-25-21(16-23)17-26(33-25)27(29)32/h3,7-10,16-18H,4-6,11-15H2,1-2H3,(H2,29,32)/b20-3-. The van der Waals surface area contributed by atoms with Crippen molar-refractivity contribution in [2.24, 2.45) is 5.73 Å². The van der Waals surface area contributed by atoms with Crippen molar-refractivity contribution in [3.8, 4) is 0 Å². The average molecular weight is 557 g/mol. The third-order valence-electron chi connectivity index (χ3n) is 6.54. The quantitative estimate of drug-likeness (QED) is 0.279. The van der Waals surface area contributed by atoms with Crippen LogP contribution in [0.5, 0.6) is 0 Å². The molecule has 2 aromatic carbocycles. The van der Waals surface area contributed by atoms with E-state index in [0.717, 1.165) is 44.5 Å². The Morgan fingerprint density at radius 1 is 1.09 bits per heavy atom. The second-order valence-electron chi connectivity index (χ2n) is 8.76. The van der Waals surface area contributed by atoms with E-state index in [1.807, 2.05) is 6.07 Å². The smallest absolute Gasteiger partial charge is 0.284 e. The Morgan fingerprint density at radius 2 is 1.88 bits per heavy atom. The van der Waals surface area contributed by atoms with E-state index in [0.29, 0.717) is 5.58 Å². The molecule has 0 radical (unpaired) electrons. The van der Waals surface area contributed by atoms with Gasteiger partial charge >= 0.3 is 0 Å². The van der Waals surface area contributed by atoms with Crippen LogP contribution in [-0.2, 0) is 0 Å². The number of benzene rings is 2. The Hall–Kier alpha value is -2.32. The lowest BCUT2D eigenvalue weighted by atomic mass is 9.96. The molecule has 0 aliphatic carbocycles. The number of carbonyl (C=O) groups is 1. The molecule has 0 bridgehead atoms. The lowest BCUT2D eigenvalue weighted by Gasteiger charge is -2.36. The van der Waals surface area contributed by atoms with Gasteiger partial charge in [0, 0.05) is 40.8 Å². The number of primary amides is 1. The number of furan rings is 1. The lowest BCUT2D eigenvalue weighted by molar-refractivity contribution is 0.0976. The van der Waals surface area contributed by atoms with Crippen molar-refractivity contribution in [2.45, 2.75) is 33.1 Å². The minimum Gasteiger partial charge on any atom is -0.451 e. The molecule has 0 spiro atoms. The van der Waals surface area contributed by atoms with Crippen molar-refractivity contribution in [3.63, 3.8) is 0 Å². The summed E-state index contributed by atoms with van der Waals surface area (Å²) in [5, 5.41) is 0.923. The van der Waals surface area contributed by atoms with Crippen molar-refractivity contribution < 1.29 is 9.21 Å². The Morgan fingerprint density at radius 3 is 2.61 bits per heavy atom. The van der Waals surface area contributed by atoms with Crippen LogP contribution in [0, 0.1) is 10.5 Å². The van der Waals surface area contributed by atoms with Crippen molar-refractivity contribution in [1.29, 1.82) is 0 Å². The molecule has 0 atom stereocenters. The zero-order valence-corrected chi connectivity index (χ0v) is 21.6. The molecule has 174 valence electrons. The zero-order valence-electron chi connectivity index (χ0n) is 19.4. The molecule has 2 heterocycles. The third-order valence-corrected chi connectivity index (χ3v) is 7.22. The number of fused-ring (bicyclic) bond motifs is 1. The normalized spacial score (nSPS) is 15.4. The van der Waals surface area contributed by atoms with Crippen LogP contribution in [0.2, 0.25) is 0 Å². The number of halogens is 1. The van der Waals surface area contributed by atoms with Gasteiger partial charge in [-0.2, -0.15) is 0 Å². The minimum absolute atomic E-state index is 0.213. The Kier molecular flexibility index (Phi) is 7.75. The Balaban J connectivity index is 1.25. The van der Waals surface area contributed by atoms with Crippen LogP contribution in [0.15, 0.2) is 53.0 Å². The number of hydrogen-bond acceptors (Lipinski definition) is 4. The number of rotatable bonds is 8. The number of piperazine rings is 1. The molecule has 33 heavy (non-hydrogen) atoms. The summed E-state index contributed by atoms with van der Waals surface area (Å²) in [6, 6.07) is 14.5. The number of aryl methyl sites for hydroxylation is 1. The Labute approximate surface area is 209 Å². The van der Waals surface area contributed by atoms with Gasteiger partial charge in [-0.3, -0.25) is 9.69 Å². The van der Waals surface area contributed by atoms with E-state index in [-0.39, 0.29) is 5.76 Å². The van der Waals surface area contributed by atoms with Crippen LogP contribution >= 0.6 is 22.6 Å². The van der Waals surface area contributed by atoms with Crippen molar-refractivity contribution in [2.75, 3.05) is 37.6 Å². The first kappa shape index (κ1) is 23.8. The number of nitrogens with two attached hydrogens (primary N) is 1. The predicted octanol–water partition coefficient (Wildman–Crippen LogP) is 5.84. The monoisotopic (exact) mass is 557 g/mol. The summed E-state index contributed by atoms with van der Waals surface area (Å²) in [4.78, 5) is 16.3. The maximum Gasteiger partial charge on any atom is 0.284 e. The number of unbranched alkanes of at least 4 members (excludes halogenated alkanes) is 1. The van der Waals surface area contributed by atoms with Crippen LogP contribution in [0.3, 0.4) is 0 Å². The van der Waals surface area contributed by atoms with E-state index >= 15 is 0 Å². The van der Waals surface area contributed by atoms with E-state index in [2.05, 4.69) is 82.6 Å². The second kappa shape index (κ2) is 10.7. The first-order chi connectivity index (χ1) is 15.9. The molecule has 0 unspecified atom stereocenters. The summed E-state index contributed by atoms with van der Waals surface area (Å²) in [5.74, 6) is -0.318. The van der Waals surface area contributed by atoms with Crippen LogP contribution in [-0.4, -0.2) is 43.5 Å². The van der Waals surface area contributed by atoms with Crippen LogP contribution in [0.1, 0.15) is 47.9 Å². The highest BCUT2D eigenvalue weighted by Gasteiger charge is 2.18. The van der Waals surface area contributed by atoms with E-state index in [4.69, 9.17) is 10.2 Å². The number of hydrogen-bond donors (Lipinski definition) is 1. The number of amides is 1. The van der Waals surface area contributed by atoms with Gasteiger partial charge < -0.3 is 15.1 Å². The maximum absolute atomic E-state index is 11.4. The fourth-order valence-corrected chi connectivity index (χ4v) is 5.10. The van der Waals surface area contributed by atoms with Gasteiger partial charge in [0.05, 0.1) is 0 Å². The molecule has 1 fully saturated rings. The fourth-order valence-electron chi connectivity index (χ4n) is 4.60. The number of nitrogens with zero attached hydrogens (tertiary/aromatic N) is 2. The molecule has 1 saturated heterocycles. The first-order valence-electron chi connectivity index (χ1n) is 11.7. The number of anilines is 1. The zero-order chi connectivity index (χ0) is 23.4. The van der Waals surface area contributed by atoms with Gasteiger partial charge in [0.1, 0.15) is 5.58 Å². The molecule has 6 heteroatoms. The molecular formula is C27H32IN3O2. The number of carbonyl (C=O) groups excluding carboxylic acids is 1. The largest absolute Gasteiger partial charge is 0.451 e. The van der Waals surface area contributed by atoms with Crippen LogP contribution in [0.25, 0.3) is 16.5 Å². The summed E-state index contributed by atoms with van der Waals surface area (Å²) >= 11 is 2.40. The summed E-state index contributed by atoms with van der Waals surface area (Å²) in [7, 11) is 0. The number of allylic oxidation sites excluding steroid dienone is 2. The molecule has 1 amide bonds. The van der Waals surface area contributed by atoms with Gasteiger partial charge in [-0.05, 0) is 115 Å². The average Bonchev–Trinajstić information content (AvgIpc) is 3.25. The molecule has 3 aromatic rings. The molecule has 5 nitrogen and oxygen atoms in total. The van der Waals surface area contributed by atoms with Gasteiger partial charge in [0.15, 0.2) is 5.76 Å². The maximum atomic E-state index is 11.4. The predicted molar refractivity (Wildman–Crippen MR) is 145 cm³/mol. The summed E-state index contributed by atoms with van der Waals surface area (Å²) in [6.45, 7) is 9.67. The van der Waals surface area contributed by atoms with Crippen molar-refractivity contribution in [1.82, 2.24) is 4.90 Å². The molecule has 0 saturated carbocycles. The van der Waals surface area contributed by atoms with Gasteiger partial charge in [0.2, 0.25) is 0 Å². The molecule has 1 aliphatic rings. The van der Waals surface area contributed by atoms with E-state index in [9.17, 15) is 4.79 Å². The van der Waals surface area contributed by atoms with E-state index < -0.39 is 5.91 Å². The summed E-state index contributed by atoms with van der Waals surface area (Å²) < 4.78 is 6.80. The SMILES string of the molecule is C/C=C(/CCCCN1CCN(c2ccc3oc(C(N)=O)cc3c2)CC1)c1cc(I)ccc1C. The van der Waals surface area contributed by atoms with Gasteiger partial charge in [-0.25, -0.2) is 0 Å². The summed E-state index contributed by atoms with van der Waals surface area (Å²) in [5.41, 5.74) is 11.4. The highest BCUT2D eigenvalue weighted by atomic mass is 127. The van der Waals surface area contributed by atoms with Crippen molar-refractivity contribution >= 4 is 50.7 Å². The van der Waals surface area contributed by atoms with Crippen molar-refractivity contribution in [3.05, 3.63) is 69.0 Å². The van der Waals surface area contributed by atoms with Gasteiger partial charge in [-0.1, -0.05) is 12.1 Å². The minimum atomic E-state index is -0.531. The molecule has 1 aromatic heterocycles. The summed E-state index contributed by atoms with van der Waals surface area (Å²) in [6.07, 6.45) is 5.84. The lowest BCUT2D eigenvalue weighted by Crippen LogP contribution is -2.46. The van der Waals surface area contributed by atoms with Crippen LogP contribution < -0.4 is 10.6 Å². The highest BCUT2D eigenvalue weighted by molar-refractivity contribution is 14.1. The first-order valence-corrected chi connectivity index (χ1v) is 12.7. The molecule has 1 aliphatic heterocycles. The van der Waals surface area contributed by atoms with Gasteiger partial charge in [0.25, 0.3) is 5.91 Å². The molecule has 4 rings (SSSR count).